The summed E-state index contributed by atoms with van der Waals surface area (Å²) in [5.41, 5.74) is 3.28. The van der Waals surface area contributed by atoms with Crippen molar-refractivity contribution in [3.8, 4) is 5.75 Å². The van der Waals surface area contributed by atoms with Crippen molar-refractivity contribution < 1.29 is 14.3 Å². The van der Waals surface area contributed by atoms with Crippen LogP contribution in [0.2, 0.25) is 0 Å². The highest BCUT2D eigenvalue weighted by molar-refractivity contribution is 6.36. The van der Waals surface area contributed by atoms with Crippen molar-refractivity contribution in [2.24, 2.45) is 0 Å². The topological polar surface area (TPSA) is 65.1 Å². The van der Waals surface area contributed by atoms with Gasteiger partial charge in [-0.15, -0.1) is 0 Å². The van der Waals surface area contributed by atoms with Crippen LogP contribution >= 0.6 is 0 Å². The molecule has 1 N–H and O–H groups in total. The van der Waals surface area contributed by atoms with Gasteiger partial charge in [0.1, 0.15) is 11.4 Å². The predicted molar refractivity (Wildman–Crippen MR) is 122 cm³/mol. The summed E-state index contributed by atoms with van der Waals surface area (Å²) in [5.74, 6) is 0.0398. The lowest BCUT2D eigenvalue weighted by Crippen LogP contribution is -2.46. The lowest BCUT2D eigenvalue weighted by molar-refractivity contribution is -0.135. The number of carbonyl (C=O) groups is 2. The minimum absolute atomic E-state index is 0.293. The molecule has 2 aromatic carbocycles. The molecule has 2 heterocycles. The second kappa shape index (κ2) is 8.81. The molecule has 2 aromatic rings. The average molecular weight is 421 g/mol. The summed E-state index contributed by atoms with van der Waals surface area (Å²) >= 11 is 0. The first-order valence-electron chi connectivity index (χ1n) is 10.6. The molecular formula is C24H28N4O3. The van der Waals surface area contributed by atoms with Gasteiger partial charge in [0.15, 0.2) is 0 Å². The van der Waals surface area contributed by atoms with Crippen molar-refractivity contribution in [1.82, 2.24) is 9.80 Å². The SMILES string of the molecule is CCN1CCN(c2ccc(NC3=C(c4ccc(OC)cc4)C(=O)N(C)C3=O)cc2)CC1. The summed E-state index contributed by atoms with van der Waals surface area (Å²) in [6, 6.07) is 15.2. The van der Waals surface area contributed by atoms with Crippen molar-refractivity contribution in [3.05, 3.63) is 59.8 Å². The van der Waals surface area contributed by atoms with E-state index in [-0.39, 0.29) is 11.8 Å². The summed E-state index contributed by atoms with van der Waals surface area (Å²) in [6.45, 7) is 7.42. The number of rotatable bonds is 6. The van der Waals surface area contributed by atoms with Gasteiger partial charge in [-0.25, -0.2) is 0 Å². The quantitative estimate of drug-likeness (QED) is 0.725. The first kappa shape index (κ1) is 20.9. The number of hydrogen-bond donors (Lipinski definition) is 1. The minimum Gasteiger partial charge on any atom is -0.497 e. The van der Waals surface area contributed by atoms with Gasteiger partial charge in [0.2, 0.25) is 0 Å². The van der Waals surface area contributed by atoms with Crippen LogP contribution in [0.25, 0.3) is 5.57 Å². The Balaban J connectivity index is 1.56. The molecule has 0 aliphatic carbocycles. The number of methoxy groups -OCH3 is 1. The van der Waals surface area contributed by atoms with Crippen LogP contribution in [0.1, 0.15) is 12.5 Å². The normalized spacial score (nSPS) is 17.5. The fraction of sp³-hybridized carbons (Fsp3) is 0.333. The molecule has 0 radical (unpaired) electrons. The second-order valence-corrected chi connectivity index (χ2v) is 7.74. The lowest BCUT2D eigenvalue weighted by Gasteiger charge is -2.35. The van der Waals surface area contributed by atoms with E-state index >= 15 is 0 Å². The highest BCUT2D eigenvalue weighted by Crippen LogP contribution is 2.31. The maximum atomic E-state index is 12.7. The molecule has 2 aliphatic rings. The molecule has 0 atom stereocenters. The Labute approximate surface area is 182 Å². The molecule has 0 aromatic heterocycles. The Kier molecular flexibility index (Phi) is 5.95. The molecular weight excluding hydrogens is 392 g/mol. The number of nitrogens with zero attached hydrogens (tertiary/aromatic N) is 3. The van der Waals surface area contributed by atoms with Gasteiger partial charge < -0.3 is 19.9 Å². The molecule has 162 valence electrons. The molecule has 0 bridgehead atoms. The molecule has 0 spiro atoms. The number of anilines is 2. The van der Waals surface area contributed by atoms with Crippen LogP contribution in [0.15, 0.2) is 54.2 Å². The van der Waals surface area contributed by atoms with Crippen molar-refractivity contribution in [2.45, 2.75) is 6.92 Å². The highest BCUT2D eigenvalue weighted by atomic mass is 16.5. The van der Waals surface area contributed by atoms with Gasteiger partial charge in [-0.3, -0.25) is 14.5 Å². The van der Waals surface area contributed by atoms with E-state index in [4.69, 9.17) is 4.74 Å². The molecule has 7 nitrogen and oxygen atoms in total. The van der Waals surface area contributed by atoms with Crippen molar-refractivity contribution in [1.29, 1.82) is 0 Å². The fourth-order valence-corrected chi connectivity index (χ4v) is 4.01. The van der Waals surface area contributed by atoms with Gasteiger partial charge in [0.05, 0.1) is 12.7 Å². The van der Waals surface area contributed by atoms with Crippen molar-refractivity contribution in [2.75, 3.05) is 57.1 Å². The monoisotopic (exact) mass is 420 g/mol. The number of benzene rings is 2. The Morgan fingerprint density at radius 3 is 2.13 bits per heavy atom. The van der Waals surface area contributed by atoms with E-state index < -0.39 is 0 Å². The first-order valence-corrected chi connectivity index (χ1v) is 10.6. The highest BCUT2D eigenvalue weighted by Gasteiger charge is 2.36. The summed E-state index contributed by atoms with van der Waals surface area (Å²) in [5, 5.41) is 3.18. The third-order valence-corrected chi connectivity index (χ3v) is 5.99. The number of nitrogens with one attached hydrogen (secondary N) is 1. The molecule has 4 rings (SSSR count). The van der Waals surface area contributed by atoms with Crippen molar-refractivity contribution in [3.63, 3.8) is 0 Å². The third kappa shape index (κ3) is 4.14. The van der Waals surface area contributed by atoms with E-state index in [1.54, 1.807) is 31.4 Å². The van der Waals surface area contributed by atoms with E-state index in [0.717, 1.165) is 49.0 Å². The van der Waals surface area contributed by atoms with E-state index in [1.165, 1.54) is 7.05 Å². The molecule has 31 heavy (non-hydrogen) atoms. The molecule has 1 saturated heterocycles. The number of likely N-dealkylation sites (N-methyl/N-ethyl adjacent to an activating group) is 2. The number of imide groups is 1. The van der Waals surface area contributed by atoms with Crippen LogP contribution in [-0.4, -0.2) is 68.5 Å². The first-order chi connectivity index (χ1) is 15.0. The van der Waals surface area contributed by atoms with Crippen molar-refractivity contribution >= 4 is 28.8 Å². The number of carbonyl (C=O) groups excluding carboxylic acids is 2. The zero-order valence-corrected chi connectivity index (χ0v) is 18.2. The summed E-state index contributed by atoms with van der Waals surface area (Å²) in [7, 11) is 3.09. The average Bonchev–Trinajstić information content (AvgIpc) is 3.03. The molecule has 7 heteroatoms. The standard InChI is InChI=1S/C24H28N4O3/c1-4-27-13-15-28(16-14-27)19-9-7-18(8-10-19)25-22-21(23(29)26(2)24(22)30)17-5-11-20(31-3)12-6-17/h5-12,25H,4,13-16H2,1-3H3. The van der Waals surface area contributed by atoms with E-state index in [0.29, 0.717) is 22.6 Å². The Morgan fingerprint density at radius 1 is 0.903 bits per heavy atom. The predicted octanol–water partition coefficient (Wildman–Crippen LogP) is 2.66. The van der Waals surface area contributed by atoms with Crippen LogP contribution in [0, 0.1) is 0 Å². The summed E-state index contributed by atoms with van der Waals surface area (Å²) in [6.07, 6.45) is 0. The van der Waals surface area contributed by atoms with Crippen LogP contribution in [0.5, 0.6) is 5.75 Å². The van der Waals surface area contributed by atoms with E-state index in [9.17, 15) is 9.59 Å². The Hall–Kier alpha value is -3.32. The second-order valence-electron chi connectivity index (χ2n) is 7.74. The molecule has 1 fully saturated rings. The van der Waals surface area contributed by atoms with Gasteiger partial charge in [-0.05, 0) is 48.5 Å². The van der Waals surface area contributed by atoms with Crippen LogP contribution in [0.4, 0.5) is 11.4 Å². The van der Waals surface area contributed by atoms with Gasteiger partial charge in [0, 0.05) is 44.6 Å². The van der Waals surface area contributed by atoms with Gasteiger partial charge in [-0.2, -0.15) is 0 Å². The third-order valence-electron chi connectivity index (χ3n) is 5.99. The van der Waals surface area contributed by atoms with E-state index in [2.05, 4.69) is 34.2 Å². The Morgan fingerprint density at radius 2 is 1.55 bits per heavy atom. The fourth-order valence-electron chi connectivity index (χ4n) is 4.01. The van der Waals surface area contributed by atoms with Crippen LogP contribution in [0.3, 0.4) is 0 Å². The smallest absolute Gasteiger partial charge is 0.277 e. The van der Waals surface area contributed by atoms with E-state index in [1.807, 2.05) is 12.1 Å². The van der Waals surface area contributed by atoms with Gasteiger partial charge in [0.25, 0.3) is 11.8 Å². The molecule has 0 saturated carbocycles. The lowest BCUT2D eigenvalue weighted by atomic mass is 10.0. The minimum atomic E-state index is -0.337. The van der Waals surface area contributed by atoms with Gasteiger partial charge >= 0.3 is 0 Å². The number of piperazine rings is 1. The summed E-state index contributed by atoms with van der Waals surface area (Å²) < 4.78 is 5.20. The number of amides is 2. The Bertz CT molecular complexity index is 990. The van der Waals surface area contributed by atoms with Crippen LogP contribution in [-0.2, 0) is 9.59 Å². The van der Waals surface area contributed by atoms with Crippen LogP contribution < -0.4 is 15.0 Å². The molecule has 0 unspecified atom stereocenters. The maximum Gasteiger partial charge on any atom is 0.277 e. The zero-order chi connectivity index (χ0) is 22.0. The van der Waals surface area contributed by atoms with Gasteiger partial charge in [-0.1, -0.05) is 19.1 Å². The number of ether oxygens (including phenoxy) is 1. The molecule has 2 amide bonds. The number of hydrogen-bond acceptors (Lipinski definition) is 6. The summed E-state index contributed by atoms with van der Waals surface area (Å²) in [4.78, 5) is 31.5. The zero-order valence-electron chi connectivity index (χ0n) is 18.2. The molecule has 2 aliphatic heterocycles. The largest absolute Gasteiger partial charge is 0.497 e. The maximum absolute atomic E-state index is 12.7.